The molecule has 2 aromatic carbocycles. The molecule has 0 aliphatic heterocycles. The summed E-state index contributed by atoms with van der Waals surface area (Å²) in [5.74, 6) is 0.725. The fourth-order valence-corrected chi connectivity index (χ4v) is 3.25. The molecule has 0 atom stereocenters. The van der Waals surface area contributed by atoms with Crippen molar-refractivity contribution in [3.63, 3.8) is 0 Å². The van der Waals surface area contributed by atoms with Gasteiger partial charge in [0.05, 0.1) is 18.4 Å². The molecule has 0 fully saturated rings. The van der Waals surface area contributed by atoms with Gasteiger partial charge in [-0.1, -0.05) is 35.3 Å². The largest absolute Gasteiger partial charge is 0.465 e. The lowest BCUT2D eigenvalue weighted by molar-refractivity contribution is 0.0601. The van der Waals surface area contributed by atoms with E-state index >= 15 is 0 Å². The molecule has 9 nitrogen and oxygen atoms in total. The predicted octanol–water partition coefficient (Wildman–Crippen LogP) is 4.84. The number of benzene rings is 2. The second kappa shape index (κ2) is 8.99. The molecule has 0 spiro atoms. The van der Waals surface area contributed by atoms with Gasteiger partial charge in [0.25, 0.3) is 0 Å². The monoisotopic (exact) mass is 455 g/mol. The van der Waals surface area contributed by atoms with E-state index in [0.717, 1.165) is 11.3 Å². The number of halogens is 2. The summed E-state index contributed by atoms with van der Waals surface area (Å²) in [4.78, 5) is 24.1. The van der Waals surface area contributed by atoms with E-state index in [4.69, 9.17) is 27.9 Å². The molecule has 0 saturated carbocycles. The molecule has 0 bridgehead atoms. The van der Waals surface area contributed by atoms with Gasteiger partial charge >= 0.3 is 5.97 Å². The quantitative estimate of drug-likeness (QED) is 0.353. The number of esters is 1. The Balaban J connectivity index is 1.47. The van der Waals surface area contributed by atoms with Crippen molar-refractivity contribution in [2.24, 2.45) is 0 Å². The highest BCUT2D eigenvalue weighted by Gasteiger charge is 2.09. The zero-order valence-corrected chi connectivity index (χ0v) is 17.6. The molecule has 0 unspecified atom stereocenters. The average Bonchev–Trinajstić information content (AvgIpc) is 3.21. The number of ether oxygens (including phenoxy) is 1. The molecule has 31 heavy (non-hydrogen) atoms. The molecule has 4 aromatic rings. The number of anilines is 4. The van der Waals surface area contributed by atoms with E-state index in [2.05, 4.69) is 35.8 Å². The summed E-state index contributed by atoms with van der Waals surface area (Å²) in [7, 11) is 1.34. The van der Waals surface area contributed by atoms with Gasteiger partial charge in [0.15, 0.2) is 5.82 Å². The second-order valence-electron chi connectivity index (χ2n) is 6.28. The van der Waals surface area contributed by atoms with Crippen LogP contribution in [0.4, 0.5) is 23.4 Å². The maximum atomic E-state index is 11.6. The smallest absolute Gasteiger partial charge is 0.337 e. The van der Waals surface area contributed by atoms with Crippen LogP contribution in [0.3, 0.4) is 0 Å². The molecular weight excluding hydrogens is 441 g/mol. The summed E-state index contributed by atoms with van der Waals surface area (Å²) in [5, 5.41) is 14.2. The number of nitrogens with zero attached hydrogens (tertiary/aromatic N) is 4. The van der Waals surface area contributed by atoms with Crippen LogP contribution in [-0.4, -0.2) is 38.2 Å². The Kier molecular flexibility index (Phi) is 5.96. The van der Waals surface area contributed by atoms with Crippen molar-refractivity contribution in [3.05, 3.63) is 70.5 Å². The van der Waals surface area contributed by atoms with E-state index in [1.165, 1.54) is 13.4 Å². The number of hydrogen-bond acceptors (Lipinski definition) is 8. The van der Waals surface area contributed by atoms with Gasteiger partial charge in [-0.3, -0.25) is 5.10 Å². The minimum absolute atomic E-state index is 0.296. The Morgan fingerprint density at radius 3 is 2.32 bits per heavy atom. The minimum atomic E-state index is -0.391. The number of rotatable bonds is 6. The van der Waals surface area contributed by atoms with Crippen molar-refractivity contribution >= 4 is 52.6 Å². The van der Waals surface area contributed by atoms with Crippen LogP contribution < -0.4 is 10.6 Å². The topological polar surface area (TPSA) is 118 Å². The first-order valence-corrected chi connectivity index (χ1v) is 9.69. The van der Waals surface area contributed by atoms with Crippen LogP contribution in [0.1, 0.15) is 10.4 Å². The van der Waals surface area contributed by atoms with E-state index in [-0.39, 0.29) is 0 Å². The molecule has 156 valence electrons. The zero-order chi connectivity index (χ0) is 21.8. The number of hydrogen-bond donors (Lipinski definition) is 3. The van der Waals surface area contributed by atoms with E-state index in [1.807, 2.05) is 0 Å². The van der Waals surface area contributed by atoms with E-state index in [0.29, 0.717) is 39.0 Å². The molecule has 2 aromatic heterocycles. The fourth-order valence-electron chi connectivity index (χ4n) is 2.72. The third kappa shape index (κ3) is 5.08. The van der Waals surface area contributed by atoms with Gasteiger partial charge in [0, 0.05) is 21.8 Å². The zero-order valence-electron chi connectivity index (χ0n) is 16.1. The standard InChI is InChI=1S/C20H15Cl2N7O2/c1-31-18(30)12-4-2-11(3-5-12)16-9-17(29-28-16)26-20-24-10-23-19(27-20)25-15-7-13(21)6-14(22)8-15/h2-10H,1H3,(H3,23,24,25,26,27,28,29). The molecule has 0 aliphatic rings. The fraction of sp³-hybridized carbons (Fsp3) is 0.0500. The van der Waals surface area contributed by atoms with Gasteiger partial charge in [-0.2, -0.15) is 10.1 Å². The van der Waals surface area contributed by atoms with E-state index in [1.54, 1.807) is 48.5 Å². The van der Waals surface area contributed by atoms with Crippen LogP contribution in [-0.2, 0) is 4.74 Å². The summed E-state index contributed by atoms with van der Waals surface area (Å²) in [6.07, 6.45) is 1.36. The molecule has 0 saturated heterocycles. The van der Waals surface area contributed by atoms with Crippen LogP contribution in [0.15, 0.2) is 54.9 Å². The van der Waals surface area contributed by atoms with Gasteiger partial charge in [-0.25, -0.2) is 14.8 Å². The van der Waals surface area contributed by atoms with Crippen LogP contribution in [0.25, 0.3) is 11.3 Å². The highest BCUT2D eigenvalue weighted by Crippen LogP contribution is 2.25. The number of H-pyrrole nitrogens is 1. The van der Waals surface area contributed by atoms with Gasteiger partial charge in [0.1, 0.15) is 6.33 Å². The van der Waals surface area contributed by atoms with Gasteiger partial charge < -0.3 is 15.4 Å². The first kappa shape index (κ1) is 20.6. The summed E-state index contributed by atoms with van der Waals surface area (Å²) in [5.41, 5.74) is 2.71. The molecule has 0 amide bonds. The Morgan fingerprint density at radius 1 is 0.968 bits per heavy atom. The predicted molar refractivity (Wildman–Crippen MR) is 118 cm³/mol. The first-order chi connectivity index (χ1) is 15.0. The Morgan fingerprint density at radius 2 is 1.65 bits per heavy atom. The average molecular weight is 456 g/mol. The summed E-state index contributed by atoms with van der Waals surface area (Å²) in [6.45, 7) is 0. The molecule has 0 radical (unpaired) electrons. The number of methoxy groups -OCH3 is 1. The molecule has 4 rings (SSSR count). The lowest BCUT2D eigenvalue weighted by Gasteiger charge is -2.07. The molecule has 3 N–H and O–H groups in total. The summed E-state index contributed by atoms with van der Waals surface area (Å²) >= 11 is 12.0. The molecule has 2 heterocycles. The van der Waals surface area contributed by atoms with Crippen LogP contribution in [0, 0.1) is 0 Å². The van der Waals surface area contributed by atoms with Gasteiger partial charge in [-0.15, -0.1) is 0 Å². The van der Waals surface area contributed by atoms with E-state index < -0.39 is 5.97 Å². The summed E-state index contributed by atoms with van der Waals surface area (Å²) in [6, 6.07) is 13.8. The van der Waals surface area contributed by atoms with Gasteiger partial charge in [-0.05, 0) is 35.9 Å². The molecule has 0 aliphatic carbocycles. The third-order valence-electron chi connectivity index (χ3n) is 4.13. The number of aromatic nitrogens is 5. The third-order valence-corrected chi connectivity index (χ3v) is 4.56. The Bertz CT molecular complexity index is 1210. The van der Waals surface area contributed by atoms with Crippen LogP contribution in [0.2, 0.25) is 10.0 Å². The van der Waals surface area contributed by atoms with Gasteiger partial charge in [0.2, 0.25) is 11.9 Å². The van der Waals surface area contributed by atoms with Crippen molar-refractivity contribution < 1.29 is 9.53 Å². The first-order valence-electron chi connectivity index (χ1n) is 8.93. The number of aromatic amines is 1. The Labute approximate surface area is 186 Å². The maximum absolute atomic E-state index is 11.6. The number of nitrogens with one attached hydrogen (secondary N) is 3. The maximum Gasteiger partial charge on any atom is 0.337 e. The van der Waals surface area contributed by atoms with Crippen molar-refractivity contribution in [1.82, 2.24) is 25.1 Å². The number of carbonyl (C=O) groups is 1. The second-order valence-corrected chi connectivity index (χ2v) is 7.15. The highest BCUT2D eigenvalue weighted by atomic mass is 35.5. The molecular formula is C20H15Cl2N7O2. The summed E-state index contributed by atoms with van der Waals surface area (Å²) < 4.78 is 4.70. The van der Waals surface area contributed by atoms with Crippen molar-refractivity contribution in [2.75, 3.05) is 17.7 Å². The lowest BCUT2D eigenvalue weighted by Crippen LogP contribution is -2.03. The SMILES string of the molecule is COC(=O)c1ccc(-c2cc(Nc3ncnc(Nc4cc(Cl)cc(Cl)c4)n3)n[nH]2)cc1. The molecule has 11 heteroatoms. The lowest BCUT2D eigenvalue weighted by atomic mass is 10.1. The highest BCUT2D eigenvalue weighted by molar-refractivity contribution is 6.35. The van der Waals surface area contributed by atoms with Crippen LogP contribution in [0.5, 0.6) is 0 Å². The van der Waals surface area contributed by atoms with Crippen LogP contribution >= 0.6 is 23.2 Å². The van der Waals surface area contributed by atoms with Crippen molar-refractivity contribution in [3.8, 4) is 11.3 Å². The van der Waals surface area contributed by atoms with E-state index in [9.17, 15) is 4.79 Å². The Hall–Kier alpha value is -3.69. The number of carbonyl (C=O) groups excluding carboxylic acids is 1. The van der Waals surface area contributed by atoms with Crippen molar-refractivity contribution in [2.45, 2.75) is 0 Å². The minimum Gasteiger partial charge on any atom is -0.465 e. The normalized spacial score (nSPS) is 10.5. The van der Waals surface area contributed by atoms with Crippen molar-refractivity contribution in [1.29, 1.82) is 0 Å².